The highest BCUT2D eigenvalue weighted by Crippen LogP contribution is 2.20. The predicted octanol–water partition coefficient (Wildman–Crippen LogP) is 4.29. The van der Waals surface area contributed by atoms with Crippen molar-refractivity contribution in [1.29, 1.82) is 0 Å². The molecule has 4 heteroatoms. The van der Waals surface area contributed by atoms with E-state index in [-0.39, 0.29) is 11.9 Å². The van der Waals surface area contributed by atoms with Gasteiger partial charge in [0.25, 0.3) is 5.91 Å². The fourth-order valence-electron chi connectivity index (χ4n) is 2.28. The van der Waals surface area contributed by atoms with Crippen molar-refractivity contribution in [3.8, 4) is 0 Å². The molecule has 0 aliphatic carbocycles. The van der Waals surface area contributed by atoms with Gasteiger partial charge in [0.1, 0.15) is 0 Å². The summed E-state index contributed by atoms with van der Waals surface area (Å²) >= 11 is 5.92. The van der Waals surface area contributed by atoms with Crippen LogP contribution in [0.5, 0.6) is 0 Å². The summed E-state index contributed by atoms with van der Waals surface area (Å²) in [6, 6.07) is 15.2. The Labute approximate surface area is 136 Å². The Bertz CT molecular complexity index is 638. The first-order valence-corrected chi connectivity index (χ1v) is 7.72. The van der Waals surface area contributed by atoms with Crippen LogP contribution in [0.1, 0.15) is 35.3 Å². The minimum Gasteiger partial charge on any atom is -0.378 e. The zero-order chi connectivity index (χ0) is 16.1. The monoisotopic (exact) mass is 316 g/mol. The van der Waals surface area contributed by atoms with Crippen molar-refractivity contribution in [2.75, 3.05) is 19.0 Å². The van der Waals surface area contributed by atoms with E-state index in [2.05, 4.69) is 12.2 Å². The van der Waals surface area contributed by atoms with Crippen molar-refractivity contribution in [1.82, 2.24) is 5.32 Å². The Morgan fingerprint density at radius 2 is 1.86 bits per heavy atom. The van der Waals surface area contributed by atoms with Crippen LogP contribution in [0, 0.1) is 0 Å². The van der Waals surface area contributed by atoms with Crippen LogP contribution in [0.2, 0.25) is 5.02 Å². The molecule has 2 aromatic carbocycles. The lowest BCUT2D eigenvalue weighted by molar-refractivity contribution is 0.0935. The summed E-state index contributed by atoms with van der Waals surface area (Å²) in [6.07, 6.45) is 0.820. The fourth-order valence-corrected chi connectivity index (χ4v) is 2.41. The largest absolute Gasteiger partial charge is 0.378 e. The van der Waals surface area contributed by atoms with Gasteiger partial charge in [-0.2, -0.15) is 0 Å². The lowest BCUT2D eigenvalue weighted by Gasteiger charge is -2.19. The van der Waals surface area contributed by atoms with Crippen LogP contribution in [0.4, 0.5) is 5.69 Å². The van der Waals surface area contributed by atoms with Crippen molar-refractivity contribution in [3.05, 3.63) is 64.7 Å². The maximum absolute atomic E-state index is 12.5. The summed E-state index contributed by atoms with van der Waals surface area (Å²) in [4.78, 5) is 14.5. The normalized spacial score (nSPS) is 11.8. The van der Waals surface area contributed by atoms with E-state index in [0.717, 1.165) is 17.7 Å². The molecule has 1 N–H and O–H groups in total. The van der Waals surface area contributed by atoms with Gasteiger partial charge in [-0.3, -0.25) is 4.79 Å². The lowest BCUT2D eigenvalue weighted by atomic mass is 10.0. The van der Waals surface area contributed by atoms with Crippen LogP contribution in [-0.4, -0.2) is 20.0 Å². The summed E-state index contributed by atoms with van der Waals surface area (Å²) in [7, 11) is 3.92. The number of nitrogens with one attached hydrogen (secondary N) is 1. The van der Waals surface area contributed by atoms with Gasteiger partial charge in [-0.05, 0) is 42.3 Å². The third-order valence-electron chi connectivity index (χ3n) is 3.61. The van der Waals surface area contributed by atoms with Gasteiger partial charge < -0.3 is 10.2 Å². The van der Waals surface area contributed by atoms with E-state index in [1.54, 1.807) is 0 Å². The molecule has 22 heavy (non-hydrogen) atoms. The Morgan fingerprint density at radius 3 is 2.45 bits per heavy atom. The third-order valence-corrected chi connectivity index (χ3v) is 3.86. The van der Waals surface area contributed by atoms with E-state index in [0.29, 0.717) is 10.6 Å². The molecular formula is C18H21ClN2O. The molecule has 0 saturated heterocycles. The Hall–Kier alpha value is -2.00. The summed E-state index contributed by atoms with van der Waals surface area (Å²) in [6.45, 7) is 2.05. The van der Waals surface area contributed by atoms with Crippen LogP contribution >= 0.6 is 11.6 Å². The van der Waals surface area contributed by atoms with Gasteiger partial charge in [0.15, 0.2) is 0 Å². The van der Waals surface area contributed by atoms with Gasteiger partial charge in [0.2, 0.25) is 0 Å². The van der Waals surface area contributed by atoms with E-state index in [1.807, 2.05) is 67.5 Å². The van der Waals surface area contributed by atoms with Crippen LogP contribution < -0.4 is 10.2 Å². The molecular weight excluding hydrogens is 296 g/mol. The maximum Gasteiger partial charge on any atom is 0.251 e. The van der Waals surface area contributed by atoms with Gasteiger partial charge in [0.05, 0.1) is 6.04 Å². The molecule has 2 aromatic rings. The minimum absolute atomic E-state index is 0.0206. The number of carbonyl (C=O) groups is 1. The number of rotatable bonds is 5. The van der Waals surface area contributed by atoms with Crippen molar-refractivity contribution in [3.63, 3.8) is 0 Å². The Morgan fingerprint density at radius 1 is 1.18 bits per heavy atom. The number of nitrogens with zero attached hydrogens (tertiary/aromatic N) is 1. The van der Waals surface area contributed by atoms with Gasteiger partial charge in [-0.15, -0.1) is 0 Å². The molecule has 0 fully saturated rings. The zero-order valence-electron chi connectivity index (χ0n) is 13.1. The average molecular weight is 317 g/mol. The first-order chi connectivity index (χ1) is 10.5. The molecule has 0 spiro atoms. The van der Waals surface area contributed by atoms with Crippen LogP contribution in [-0.2, 0) is 0 Å². The topological polar surface area (TPSA) is 32.3 Å². The highest BCUT2D eigenvalue weighted by Gasteiger charge is 2.14. The molecule has 0 aliphatic heterocycles. The molecule has 0 saturated carbocycles. The lowest BCUT2D eigenvalue weighted by Crippen LogP contribution is -2.28. The van der Waals surface area contributed by atoms with Crippen LogP contribution in [0.15, 0.2) is 48.5 Å². The molecule has 0 aliphatic rings. The van der Waals surface area contributed by atoms with Gasteiger partial charge in [-0.25, -0.2) is 0 Å². The smallest absolute Gasteiger partial charge is 0.251 e. The molecule has 2 rings (SSSR count). The highest BCUT2D eigenvalue weighted by atomic mass is 35.5. The van der Waals surface area contributed by atoms with E-state index in [1.165, 1.54) is 0 Å². The number of benzene rings is 2. The second-order valence-electron chi connectivity index (χ2n) is 5.43. The predicted molar refractivity (Wildman–Crippen MR) is 92.7 cm³/mol. The summed E-state index contributed by atoms with van der Waals surface area (Å²) in [5.74, 6) is -0.0644. The number of halogens is 1. The van der Waals surface area contributed by atoms with Gasteiger partial charge in [0, 0.05) is 30.4 Å². The number of hydrogen-bond donors (Lipinski definition) is 1. The molecule has 116 valence electrons. The first kappa shape index (κ1) is 16.4. The van der Waals surface area contributed by atoms with Gasteiger partial charge in [-0.1, -0.05) is 36.7 Å². The summed E-state index contributed by atoms with van der Waals surface area (Å²) in [5, 5.41) is 3.78. The second kappa shape index (κ2) is 7.32. The molecule has 0 aromatic heterocycles. The highest BCUT2D eigenvalue weighted by molar-refractivity contribution is 6.30. The SMILES string of the molecule is CCC(NC(=O)c1cccc(N(C)C)c1)c1ccc(Cl)cc1. The maximum atomic E-state index is 12.5. The van der Waals surface area contributed by atoms with Crippen LogP contribution in [0.25, 0.3) is 0 Å². The molecule has 1 amide bonds. The van der Waals surface area contributed by atoms with Crippen molar-refractivity contribution >= 4 is 23.2 Å². The quantitative estimate of drug-likeness (QED) is 0.892. The minimum atomic E-state index is -0.0644. The fraction of sp³-hybridized carbons (Fsp3) is 0.278. The Balaban J connectivity index is 2.15. The summed E-state index contributed by atoms with van der Waals surface area (Å²) in [5.41, 5.74) is 2.73. The van der Waals surface area contributed by atoms with Crippen LogP contribution in [0.3, 0.4) is 0 Å². The van der Waals surface area contributed by atoms with Gasteiger partial charge >= 0.3 is 0 Å². The van der Waals surface area contributed by atoms with E-state index in [9.17, 15) is 4.79 Å². The van der Waals surface area contributed by atoms with Crippen molar-refractivity contribution in [2.24, 2.45) is 0 Å². The van der Waals surface area contributed by atoms with E-state index in [4.69, 9.17) is 11.6 Å². The average Bonchev–Trinajstić information content (AvgIpc) is 2.53. The second-order valence-corrected chi connectivity index (χ2v) is 5.87. The van der Waals surface area contributed by atoms with Crippen molar-refractivity contribution in [2.45, 2.75) is 19.4 Å². The standard InChI is InChI=1S/C18H21ClN2O/c1-4-17(13-8-10-15(19)11-9-13)20-18(22)14-6-5-7-16(12-14)21(2)3/h5-12,17H,4H2,1-3H3,(H,20,22). The summed E-state index contributed by atoms with van der Waals surface area (Å²) < 4.78 is 0. The first-order valence-electron chi connectivity index (χ1n) is 7.35. The number of amides is 1. The van der Waals surface area contributed by atoms with E-state index < -0.39 is 0 Å². The number of hydrogen-bond acceptors (Lipinski definition) is 2. The number of carbonyl (C=O) groups excluding carboxylic acids is 1. The Kier molecular flexibility index (Phi) is 5.45. The molecule has 0 bridgehead atoms. The third kappa shape index (κ3) is 4.01. The molecule has 1 unspecified atom stereocenters. The van der Waals surface area contributed by atoms with E-state index >= 15 is 0 Å². The molecule has 3 nitrogen and oxygen atoms in total. The van der Waals surface area contributed by atoms with Crippen molar-refractivity contribution < 1.29 is 4.79 Å². The number of anilines is 1. The zero-order valence-corrected chi connectivity index (χ0v) is 13.9. The molecule has 0 heterocycles. The molecule has 0 radical (unpaired) electrons. The molecule has 1 atom stereocenters.